The number of amidine groups is 1. The van der Waals surface area contributed by atoms with Crippen molar-refractivity contribution in [1.82, 2.24) is 10.3 Å². The monoisotopic (exact) mass is 420 g/mol. The minimum absolute atomic E-state index is 0.172. The summed E-state index contributed by atoms with van der Waals surface area (Å²) in [5.74, 6) is 0.0905. The van der Waals surface area contributed by atoms with Crippen molar-refractivity contribution in [3.8, 4) is 0 Å². The first-order valence-electron chi connectivity index (χ1n) is 10.7. The fourth-order valence-corrected chi connectivity index (χ4v) is 3.90. The van der Waals surface area contributed by atoms with E-state index in [4.69, 9.17) is 5.73 Å². The molecule has 162 valence electrons. The van der Waals surface area contributed by atoms with Gasteiger partial charge in [-0.15, -0.1) is 0 Å². The van der Waals surface area contributed by atoms with E-state index in [-0.39, 0.29) is 17.2 Å². The van der Waals surface area contributed by atoms with E-state index in [0.29, 0.717) is 17.0 Å². The van der Waals surface area contributed by atoms with Crippen molar-refractivity contribution in [2.24, 2.45) is 10.7 Å². The van der Waals surface area contributed by atoms with Crippen molar-refractivity contribution in [2.75, 3.05) is 23.3 Å². The number of carbonyl (C=O) groups is 1. The lowest BCUT2D eigenvalue weighted by atomic mass is 10.1. The van der Waals surface area contributed by atoms with Crippen LogP contribution < -0.4 is 26.8 Å². The lowest BCUT2D eigenvalue weighted by Gasteiger charge is -2.28. The van der Waals surface area contributed by atoms with Crippen LogP contribution >= 0.6 is 0 Å². The first kappa shape index (κ1) is 20.7. The SMILES string of the molecule is CCC1=CC(N)=NC(c2c[nH]c(=O)c(NC(=O)c3ccc(N4CCCCC4)cc3)c2)N1. The molecule has 0 radical (unpaired) electrons. The van der Waals surface area contributed by atoms with Crippen LogP contribution in [0.3, 0.4) is 0 Å². The van der Waals surface area contributed by atoms with Gasteiger partial charge in [0, 0.05) is 41.8 Å². The molecule has 2 aliphatic rings. The molecule has 1 aromatic heterocycles. The molecule has 8 nitrogen and oxygen atoms in total. The van der Waals surface area contributed by atoms with Crippen molar-refractivity contribution < 1.29 is 4.79 Å². The molecule has 1 amide bonds. The Morgan fingerprint density at radius 3 is 2.68 bits per heavy atom. The van der Waals surface area contributed by atoms with Gasteiger partial charge >= 0.3 is 0 Å². The fraction of sp³-hybridized carbons (Fsp3) is 0.348. The second-order valence-corrected chi connectivity index (χ2v) is 7.85. The minimum atomic E-state index is -0.420. The lowest BCUT2D eigenvalue weighted by molar-refractivity contribution is 0.102. The number of carbonyl (C=O) groups excluding carboxylic acids is 1. The molecule has 0 aliphatic carbocycles. The van der Waals surface area contributed by atoms with Gasteiger partial charge in [0.05, 0.1) is 0 Å². The summed E-state index contributed by atoms with van der Waals surface area (Å²) in [5, 5.41) is 6.00. The standard InChI is InChI=1S/C23H28N6O2/c1-2-17-13-20(24)28-21(26-17)16-12-19(23(31)25-14-16)27-22(30)15-6-8-18(9-7-15)29-10-4-3-5-11-29/h6-9,12-14,21,26H,2-5,10-11H2,1H3,(H2,24,28)(H,25,31)(H,27,30). The zero-order valence-corrected chi connectivity index (χ0v) is 17.6. The number of hydrogen-bond acceptors (Lipinski definition) is 6. The van der Waals surface area contributed by atoms with Gasteiger partial charge < -0.3 is 26.3 Å². The number of piperidine rings is 1. The van der Waals surface area contributed by atoms with Crippen LogP contribution in [0, 0.1) is 0 Å². The molecule has 1 unspecified atom stereocenters. The summed E-state index contributed by atoms with van der Waals surface area (Å²) < 4.78 is 0. The van der Waals surface area contributed by atoms with E-state index in [9.17, 15) is 9.59 Å². The number of aliphatic imine (C=N–C) groups is 1. The highest BCUT2D eigenvalue weighted by Gasteiger charge is 2.18. The van der Waals surface area contributed by atoms with Gasteiger partial charge in [-0.2, -0.15) is 0 Å². The Morgan fingerprint density at radius 1 is 1.23 bits per heavy atom. The van der Waals surface area contributed by atoms with E-state index in [1.807, 2.05) is 19.1 Å². The Bertz CT molecular complexity index is 1060. The zero-order valence-electron chi connectivity index (χ0n) is 17.6. The number of rotatable bonds is 5. The molecule has 8 heteroatoms. The van der Waals surface area contributed by atoms with Gasteiger partial charge in [0.2, 0.25) is 0 Å². The molecular formula is C23H28N6O2. The first-order valence-corrected chi connectivity index (χ1v) is 10.7. The Kier molecular flexibility index (Phi) is 6.06. The van der Waals surface area contributed by atoms with E-state index in [1.54, 1.807) is 30.5 Å². The summed E-state index contributed by atoms with van der Waals surface area (Å²) in [6.45, 7) is 4.11. The number of aromatic nitrogens is 1. The second kappa shape index (κ2) is 9.07. The van der Waals surface area contributed by atoms with Crippen molar-refractivity contribution in [3.05, 3.63) is 69.8 Å². The van der Waals surface area contributed by atoms with E-state index >= 15 is 0 Å². The summed E-state index contributed by atoms with van der Waals surface area (Å²) >= 11 is 0. The maximum Gasteiger partial charge on any atom is 0.271 e. The minimum Gasteiger partial charge on any atom is -0.384 e. The first-order chi connectivity index (χ1) is 15.0. The van der Waals surface area contributed by atoms with Crippen molar-refractivity contribution in [1.29, 1.82) is 0 Å². The van der Waals surface area contributed by atoms with Crippen LogP contribution in [-0.4, -0.2) is 29.8 Å². The summed E-state index contributed by atoms with van der Waals surface area (Å²) in [6, 6.07) is 9.14. The normalized spacial score (nSPS) is 18.6. The van der Waals surface area contributed by atoms with Crippen LogP contribution in [0.15, 0.2) is 58.1 Å². The number of nitrogens with two attached hydrogens (primary N) is 1. The summed E-state index contributed by atoms with van der Waals surface area (Å²) in [5.41, 5.74) is 8.99. The lowest BCUT2D eigenvalue weighted by Crippen LogP contribution is -2.29. The van der Waals surface area contributed by atoms with Crippen molar-refractivity contribution in [2.45, 2.75) is 38.8 Å². The summed E-state index contributed by atoms with van der Waals surface area (Å²) in [6.07, 6.45) is 7.40. The van der Waals surface area contributed by atoms with E-state index < -0.39 is 6.17 Å². The largest absolute Gasteiger partial charge is 0.384 e. The number of nitrogens with zero attached hydrogens (tertiary/aromatic N) is 2. The Balaban J connectivity index is 1.49. The number of anilines is 2. The average molecular weight is 421 g/mol. The van der Waals surface area contributed by atoms with Gasteiger partial charge in [-0.05, 0) is 62.1 Å². The topological polar surface area (TPSA) is 116 Å². The number of hydrogen-bond donors (Lipinski definition) is 4. The van der Waals surface area contributed by atoms with Gasteiger partial charge in [-0.25, -0.2) is 4.99 Å². The number of benzene rings is 1. The number of H-pyrrole nitrogens is 1. The summed E-state index contributed by atoms with van der Waals surface area (Å²) in [7, 11) is 0. The highest BCUT2D eigenvalue weighted by Crippen LogP contribution is 2.22. The van der Waals surface area contributed by atoms with Crippen LogP contribution in [-0.2, 0) is 0 Å². The van der Waals surface area contributed by atoms with Crippen LogP contribution in [0.4, 0.5) is 11.4 Å². The maximum atomic E-state index is 12.7. The Labute approximate surface area is 181 Å². The van der Waals surface area contributed by atoms with Crippen LogP contribution in [0.25, 0.3) is 0 Å². The number of allylic oxidation sites excluding steroid dienone is 1. The molecule has 2 aromatic rings. The molecule has 0 spiro atoms. The molecule has 3 heterocycles. The predicted molar refractivity (Wildman–Crippen MR) is 123 cm³/mol. The zero-order chi connectivity index (χ0) is 21.8. The van der Waals surface area contributed by atoms with E-state index in [0.717, 1.165) is 30.9 Å². The molecule has 0 bridgehead atoms. The number of amides is 1. The highest BCUT2D eigenvalue weighted by atomic mass is 16.2. The number of nitrogens with one attached hydrogen (secondary N) is 3. The molecule has 31 heavy (non-hydrogen) atoms. The summed E-state index contributed by atoms with van der Waals surface area (Å²) in [4.78, 5) is 34.4. The van der Waals surface area contributed by atoms with E-state index in [1.165, 1.54) is 19.3 Å². The molecule has 0 saturated carbocycles. The Hall–Kier alpha value is -3.55. The average Bonchev–Trinajstić information content (AvgIpc) is 2.80. The molecule has 5 N–H and O–H groups in total. The van der Waals surface area contributed by atoms with Crippen molar-refractivity contribution >= 4 is 23.1 Å². The third-order valence-corrected chi connectivity index (χ3v) is 5.64. The van der Waals surface area contributed by atoms with Gasteiger partial charge in [0.25, 0.3) is 11.5 Å². The second-order valence-electron chi connectivity index (χ2n) is 7.85. The number of pyridine rings is 1. The van der Waals surface area contributed by atoms with E-state index in [2.05, 4.69) is 25.5 Å². The quantitative estimate of drug-likeness (QED) is 0.594. The predicted octanol–water partition coefficient (Wildman–Crippen LogP) is 2.87. The Morgan fingerprint density at radius 2 is 1.97 bits per heavy atom. The van der Waals surface area contributed by atoms with Crippen LogP contribution in [0.5, 0.6) is 0 Å². The third kappa shape index (κ3) is 4.79. The molecule has 1 fully saturated rings. The van der Waals surface area contributed by atoms with Crippen molar-refractivity contribution in [3.63, 3.8) is 0 Å². The number of aromatic amines is 1. The highest BCUT2D eigenvalue weighted by molar-refractivity contribution is 6.04. The molecular weight excluding hydrogens is 392 g/mol. The molecule has 1 aromatic carbocycles. The fourth-order valence-electron chi connectivity index (χ4n) is 3.90. The van der Waals surface area contributed by atoms with Gasteiger partial charge in [-0.3, -0.25) is 9.59 Å². The molecule has 4 rings (SSSR count). The molecule has 1 saturated heterocycles. The van der Waals surface area contributed by atoms with Crippen LogP contribution in [0.2, 0.25) is 0 Å². The molecule has 2 aliphatic heterocycles. The molecule has 1 atom stereocenters. The smallest absolute Gasteiger partial charge is 0.271 e. The third-order valence-electron chi connectivity index (χ3n) is 5.64. The van der Waals surface area contributed by atoms with Crippen LogP contribution in [0.1, 0.15) is 54.7 Å². The van der Waals surface area contributed by atoms with Gasteiger partial charge in [0.15, 0.2) is 0 Å². The van der Waals surface area contributed by atoms with Gasteiger partial charge in [0.1, 0.15) is 17.7 Å². The maximum absolute atomic E-state index is 12.7. The van der Waals surface area contributed by atoms with Gasteiger partial charge in [-0.1, -0.05) is 6.92 Å².